The average molecular weight is 136 g/mol. The number of ketones is 1. The molecule has 0 aromatic carbocycles. The summed E-state index contributed by atoms with van der Waals surface area (Å²) >= 11 is 0. The molecular formula is C7H8N2O. The Bertz CT molecular complexity index is 220. The molecule has 3 heteroatoms. The molecule has 0 fully saturated rings. The number of nitrogens with zero attached hydrogens (tertiary/aromatic N) is 1. The second-order valence-corrected chi connectivity index (χ2v) is 1.86. The third kappa shape index (κ3) is 1.39. The monoisotopic (exact) mass is 136 g/mol. The van der Waals surface area contributed by atoms with Gasteiger partial charge >= 0.3 is 0 Å². The van der Waals surface area contributed by atoms with Crippen molar-refractivity contribution >= 4 is 5.78 Å². The molecule has 1 aromatic heterocycles. The van der Waals surface area contributed by atoms with Crippen molar-refractivity contribution in [3.05, 3.63) is 30.1 Å². The van der Waals surface area contributed by atoms with Crippen LogP contribution in [0.5, 0.6) is 0 Å². The zero-order chi connectivity index (χ0) is 7.40. The van der Waals surface area contributed by atoms with Crippen molar-refractivity contribution in [3.8, 4) is 0 Å². The molecule has 0 atom stereocenters. The van der Waals surface area contributed by atoms with Crippen molar-refractivity contribution in [3.63, 3.8) is 0 Å². The van der Waals surface area contributed by atoms with Crippen LogP contribution in [-0.4, -0.2) is 17.3 Å². The fourth-order valence-electron chi connectivity index (χ4n) is 0.656. The van der Waals surface area contributed by atoms with Crippen molar-refractivity contribution in [1.82, 2.24) is 4.98 Å². The first-order valence-corrected chi connectivity index (χ1v) is 2.98. The predicted octanol–water partition coefficient (Wildman–Crippen LogP) is 0.223. The lowest BCUT2D eigenvalue weighted by atomic mass is 10.2. The van der Waals surface area contributed by atoms with Gasteiger partial charge in [0.1, 0.15) is 0 Å². The van der Waals surface area contributed by atoms with E-state index < -0.39 is 0 Å². The first-order valence-electron chi connectivity index (χ1n) is 2.98. The van der Waals surface area contributed by atoms with Crippen LogP contribution >= 0.6 is 0 Å². The maximum atomic E-state index is 10.9. The van der Waals surface area contributed by atoms with Gasteiger partial charge in [-0.3, -0.25) is 9.78 Å². The van der Waals surface area contributed by atoms with Crippen LogP contribution in [0.1, 0.15) is 10.4 Å². The van der Waals surface area contributed by atoms with E-state index in [9.17, 15) is 4.79 Å². The number of Topliss-reactive ketones (excluding diaryl/α,β-unsaturated/α-hetero) is 1. The molecule has 10 heavy (non-hydrogen) atoms. The molecule has 0 spiro atoms. The molecule has 0 unspecified atom stereocenters. The van der Waals surface area contributed by atoms with Crippen LogP contribution in [-0.2, 0) is 0 Å². The van der Waals surface area contributed by atoms with Gasteiger partial charge in [-0.1, -0.05) is 0 Å². The van der Waals surface area contributed by atoms with E-state index in [2.05, 4.69) is 4.98 Å². The molecule has 0 saturated heterocycles. The second-order valence-electron chi connectivity index (χ2n) is 1.86. The summed E-state index contributed by atoms with van der Waals surface area (Å²) in [6, 6.07) is 3.30. The van der Waals surface area contributed by atoms with Gasteiger partial charge in [0.2, 0.25) is 0 Å². The number of carbonyl (C=O) groups is 1. The number of rotatable bonds is 2. The first kappa shape index (κ1) is 6.89. The lowest BCUT2D eigenvalue weighted by Crippen LogP contribution is -2.13. The molecule has 0 amide bonds. The SMILES string of the molecule is NCC(=O)c1ccncc1. The Morgan fingerprint density at radius 3 is 2.60 bits per heavy atom. The highest BCUT2D eigenvalue weighted by atomic mass is 16.1. The maximum Gasteiger partial charge on any atom is 0.176 e. The highest BCUT2D eigenvalue weighted by molar-refractivity contribution is 5.97. The Kier molecular flexibility index (Phi) is 2.12. The molecule has 3 nitrogen and oxygen atoms in total. The summed E-state index contributed by atoms with van der Waals surface area (Å²) < 4.78 is 0. The molecular weight excluding hydrogens is 128 g/mol. The Morgan fingerprint density at radius 1 is 1.50 bits per heavy atom. The van der Waals surface area contributed by atoms with Crippen LogP contribution in [0.2, 0.25) is 0 Å². The number of aromatic nitrogens is 1. The predicted molar refractivity (Wildman–Crippen MR) is 37.6 cm³/mol. The van der Waals surface area contributed by atoms with Crippen LogP contribution in [0.25, 0.3) is 0 Å². The Hall–Kier alpha value is -1.22. The zero-order valence-corrected chi connectivity index (χ0v) is 5.45. The largest absolute Gasteiger partial charge is 0.324 e. The average Bonchev–Trinajstić information content (AvgIpc) is 2.05. The van der Waals surface area contributed by atoms with E-state index in [0.29, 0.717) is 5.56 Å². The van der Waals surface area contributed by atoms with Gasteiger partial charge in [0, 0.05) is 18.0 Å². The zero-order valence-electron chi connectivity index (χ0n) is 5.45. The van der Waals surface area contributed by atoms with Crippen molar-refractivity contribution in [2.75, 3.05) is 6.54 Å². The number of hydrogen-bond donors (Lipinski definition) is 1. The quantitative estimate of drug-likeness (QED) is 0.592. The minimum atomic E-state index is -0.0533. The van der Waals surface area contributed by atoms with E-state index in [0.717, 1.165) is 0 Å². The third-order valence-corrected chi connectivity index (χ3v) is 1.19. The van der Waals surface area contributed by atoms with Gasteiger partial charge in [0.05, 0.1) is 6.54 Å². The highest BCUT2D eigenvalue weighted by Crippen LogP contribution is 1.95. The third-order valence-electron chi connectivity index (χ3n) is 1.19. The second kappa shape index (κ2) is 3.08. The summed E-state index contributed by atoms with van der Waals surface area (Å²) in [5, 5.41) is 0. The van der Waals surface area contributed by atoms with E-state index in [4.69, 9.17) is 5.73 Å². The summed E-state index contributed by atoms with van der Waals surface area (Å²) in [6.45, 7) is 0.0595. The molecule has 1 heterocycles. The Labute approximate surface area is 58.9 Å². The standard InChI is InChI=1S/C7H8N2O/c8-5-7(10)6-1-3-9-4-2-6/h1-4H,5,8H2. The molecule has 0 radical (unpaired) electrons. The van der Waals surface area contributed by atoms with E-state index >= 15 is 0 Å². The van der Waals surface area contributed by atoms with Crippen molar-refractivity contribution in [2.24, 2.45) is 5.73 Å². The summed E-state index contributed by atoms with van der Waals surface area (Å²) in [5.74, 6) is -0.0533. The van der Waals surface area contributed by atoms with E-state index in [1.165, 1.54) is 0 Å². The smallest absolute Gasteiger partial charge is 0.176 e. The van der Waals surface area contributed by atoms with Crippen LogP contribution in [0.4, 0.5) is 0 Å². The Balaban J connectivity index is 2.85. The summed E-state index contributed by atoms with van der Waals surface area (Å²) in [5.41, 5.74) is 5.76. The number of nitrogens with two attached hydrogens (primary N) is 1. The molecule has 52 valence electrons. The van der Waals surface area contributed by atoms with E-state index in [-0.39, 0.29) is 12.3 Å². The molecule has 1 aromatic rings. The van der Waals surface area contributed by atoms with Gasteiger partial charge in [-0.05, 0) is 12.1 Å². The number of pyridine rings is 1. The molecule has 0 aliphatic heterocycles. The minimum absolute atomic E-state index is 0.0533. The number of carbonyl (C=O) groups excluding carboxylic acids is 1. The molecule has 0 saturated carbocycles. The lowest BCUT2D eigenvalue weighted by molar-refractivity contribution is 0.100. The van der Waals surface area contributed by atoms with E-state index in [1.807, 2.05) is 0 Å². The summed E-state index contributed by atoms with van der Waals surface area (Å²) in [7, 11) is 0. The van der Waals surface area contributed by atoms with Gasteiger partial charge < -0.3 is 5.73 Å². The fourth-order valence-corrected chi connectivity index (χ4v) is 0.656. The summed E-state index contributed by atoms with van der Waals surface area (Å²) in [4.78, 5) is 14.6. The van der Waals surface area contributed by atoms with Gasteiger partial charge in [0.25, 0.3) is 0 Å². The summed E-state index contributed by atoms with van der Waals surface area (Å²) in [6.07, 6.45) is 3.14. The van der Waals surface area contributed by atoms with Crippen molar-refractivity contribution in [1.29, 1.82) is 0 Å². The molecule has 1 rings (SSSR count). The minimum Gasteiger partial charge on any atom is -0.324 e. The van der Waals surface area contributed by atoms with Gasteiger partial charge in [-0.25, -0.2) is 0 Å². The van der Waals surface area contributed by atoms with Crippen LogP contribution in [0.3, 0.4) is 0 Å². The first-order chi connectivity index (χ1) is 4.84. The Morgan fingerprint density at radius 2 is 2.10 bits per heavy atom. The molecule has 0 aliphatic carbocycles. The van der Waals surface area contributed by atoms with Crippen LogP contribution in [0.15, 0.2) is 24.5 Å². The normalized spacial score (nSPS) is 9.30. The van der Waals surface area contributed by atoms with E-state index in [1.54, 1.807) is 24.5 Å². The van der Waals surface area contributed by atoms with Gasteiger partial charge in [-0.15, -0.1) is 0 Å². The lowest BCUT2D eigenvalue weighted by Gasteiger charge is -1.93. The van der Waals surface area contributed by atoms with Gasteiger partial charge in [-0.2, -0.15) is 0 Å². The van der Waals surface area contributed by atoms with Crippen LogP contribution in [0, 0.1) is 0 Å². The van der Waals surface area contributed by atoms with Crippen molar-refractivity contribution in [2.45, 2.75) is 0 Å². The molecule has 2 N–H and O–H groups in total. The van der Waals surface area contributed by atoms with Crippen LogP contribution < -0.4 is 5.73 Å². The number of hydrogen-bond acceptors (Lipinski definition) is 3. The fraction of sp³-hybridized carbons (Fsp3) is 0.143. The van der Waals surface area contributed by atoms with Crippen molar-refractivity contribution < 1.29 is 4.79 Å². The highest BCUT2D eigenvalue weighted by Gasteiger charge is 1.99. The maximum absolute atomic E-state index is 10.9. The topological polar surface area (TPSA) is 56.0 Å². The van der Waals surface area contributed by atoms with Gasteiger partial charge in [0.15, 0.2) is 5.78 Å². The molecule has 0 bridgehead atoms. The molecule has 0 aliphatic rings.